The molecule has 0 radical (unpaired) electrons. The normalized spacial score (nSPS) is 10.7. The number of rotatable bonds is 6. The molecule has 0 bridgehead atoms. The number of aryl methyl sites for hydroxylation is 2. The standard InChI is InChI=1S/C20H18N4OS2/c1-13-9-14(2)11-16(10-13)22-20-24-23-19(27-20)18-17(5-8-26-18)25-12-15-3-6-21-7-4-15/h3-11H,12H2,1-2H3,(H,22,24). The predicted octanol–water partition coefficient (Wildman–Crippen LogP) is 5.60. The number of thiophene rings is 1. The maximum Gasteiger partial charge on any atom is 0.210 e. The summed E-state index contributed by atoms with van der Waals surface area (Å²) in [6.07, 6.45) is 3.53. The summed E-state index contributed by atoms with van der Waals surface area (Å²) >= 11 is 3.13. The van der Waals surface area contributed by atoms with Crippen molar-refractivity contribution in [2.45, 2.75) is 20.5 Å². The van der Waals surface area contributed by atoms with Gasteiger partial charge in [0.15, 0.2) is 5.01 Å². The van der Waals surface area contributed by atoms with Crippen molar-refractivity contribution < 1.29 is 4.74 Å². The van der Waals surface area contributed by atoms with Crippen molar-refractivity contribution in [1.29, 1.82) is 0 Å². The van der Waals surface area contributed by atoms with Gasteiger partial charge in [0.2, 0.25) is 5.13 Å². The lowest BCUT2D eigenvalue weighted by atomic mass is 10.1. The zero-order chi connectivity index (χ0) is 18.6. The maximum absolute atomic E-state index is 5.98. The van der Waals surface area contributed by atoms with Crippen molar-refractivity contribution in [2.75, 3.05) is 5.32 Å². The monoisotopic (exact) mass is 394 g/mol. The van der Waals surface area contributed by atoms with E-state index in [2.05, 4.69) is 52.5 Å². The molecule has 0 aliphatic carbocycles. The van der Waals surface area contributed by atoms with Crippen LogP contribution in [0.4, 0.5) is 10.8 Å². The number of aromatic nitrogens is 3. The highest BCUT2D eigenvalue weighted by Gasteiger charge is 2.14. The molecule has 0 aliphatic heterocycles. The third-order valence-corrected chi connectivity index (χ3v) is 5.75. The lowest BCUT2D eigenvalue weighted by molar-refractivity contribution is 0.308. The van der Waals surface area contributed by atoms with E-state index in [0.29, 0.717) is 6.61 Å². The van der Waals surface area contributed by atoms with Gasteiger partial charge < -0.3 is 10.1 Å². The van der Waals surface area contributed by atoms with E-state index >= 15 is 0 Å². The molecule has 3 heterocycles. The third kappa shape index (κ3) is 4.32. The first-order valence-electron chi connectivity index (χ1n) is 8.46. The Balaban J connectivity index is 1.49. The van der Waals surface area contributed by atoms with Gasteiger partial charge in [0.25, 0.3) is 0 Å². The number of nitrogens with zero attached hydrogens (tertiary/aromatic N) is 3. The van der Waals surface area contributed by atoms with E-state index < -0.39 is 0 Å². The third-order valence-electron chi connectivity index (χ3n) is 3.86. The van der Waals surface area contributed by atoms with Crippen LogP contribution in [-0.4, -0.2) is 15.2 Å². The predicted molar refractivity (Wildman–Crippen MR) is 111 cm³/mol. The Kier molecular flexibility index (Phi) is 5.13. The van der Waals surface area contributed by atoms with Crippen molar-refractivity contribution in [2.24, 2.45) is 0 Å². The number of hydrogen-bond acceptors (Lipinski definition) is 7. The first-order valence-corrected chi connectivity index (χ1v) is 10.2. The molecule has 27 heavy (non-hydrogen) atoms. The lowest BCUT2D eigenvalue weighted by Crippen LogP contribution is -1.95. The fraction of sp³-hybridized carbons (Fsp3) is 0.150. The summed E-state index contributed by atoms with van der Waals surface area (Å²) in [6, 6.07) is 12.2. The van der Waals surface area contributed by atoms with E-state index in [1.807, 2.05) is 23.6 Å². The quantitative estimate of drug-likeness (QED) is 0.461. The van der Waals surface area contributed by atoms with Crippen LogP contribution in [0.25, 0.3) is 9.88 Å². The highest BCUT2D eigenvalue weighted by atomic mass is 32.1. The van der Waals surface area contributed by atoms with Gasteiger partial charge in [0.1, 0.15) is 17.2 Å². The first-order chi connectivity index (χ1) is 13.2. The summed E-state index contributed by atoms with van der Waals surface area (Å²) in [6.45, 7) is 4.67. The molecule has 0 amide bonds. The zero-order valence-corrected chi connectivity index (χ0v) is 16.6. The van der Waals surface area contributed by atoms with Crippen molar-refractivity contribution in [3.05, 3.63) is 70.9 Å². The minimum atomic E-state index is 0.499. The smallest absolute Gasteiger partial charge is 0.210 e. The van der Waals surface area contributed by atoms with E-state index in [1.165, 1.54) is 22.5 Å². The van der Waals surface area contributed by atoms with Gasteiger partial charge in [-0.1, -0.05) is 17.4 Å². The fourth-order valence-corrected chi connectivity index (χ4v) is 4.43. The average Bonchev–Trinajstić information content (AvgIpc) is 3.29. The maximum atomic E-state index is 5.98. The number of benzene rings is 1. The Morgan fingerprint density at radius 3 is 2.56 bits per heavy atom. The van der Waals surface area contributed by atoms with E-state index in [-0.39, 0.29) is 0 Å². The van der Waals surface area contributed by atoms with Crippen molar-refractivity contribution in [1.82, 2.24) is 15.2 Å². The van der Waals surface area contributed by atoms with Crippen LogP contribution in [0.1, 0.15) is 16.7 Å². The van der Waals surface area contributed by atoms with Crippen LogP contribution in [0.3, 0.4) is 0 Å². The lowest BCUT2D eigenvalue weighted by Gasteiger charge is -2.06. The molecule has 0 fully saturated rings. The molecule has 4 rings (SSSR count). The average molecular weight is 395 g/mol. The Morgan fingerprint density at radius 2 is 1.78 bits per heavy atom. The Morgan fingerprint density at radius 1 is 1.00 bits per heavy atom. The molecule has 136 valence electrons. The summed E-state index contributed by atoms with van der Waals surface area (Å²) in [5.41, 5.74) is 4.53. The molecule has 1 aromatic carbocycles. The summed E-state index contributed by atoms with van der Waals surface area (Å²) < 4.78 is 5.98. The van der Waals surface area contributed by atoms with Gasteiger partial charge in [-0.25, -0.2) is 0 Å². The Hall–Kier alpha value is -2.77. The largest absolute Gasteiger partial charge is 0.487 e. The molecule has 5 nitrogen and oxygen atoms in total. The number of hydrogen-bond donors (Lipinski definition) is 1. The van der Waals surface area contributed by atoms with Crippen LogP contribution in [0.2, 0.25) is 0 Å². The molecular weight excluding hydrogens is 376 g/mol. The highest BCUT2D eigenvalue weighted by molar-refractivity contribution is 7.23. The summed E-state index contributed by atoms with van der Waals surface area (Å²) in [4.78, 5) is 5.02. The van der Waals surface area contributed by atoms with Crippen LogP contribution >= 0.6 is 22.7 Å². The first kappa shape index (κ1) is 17.6. The minimum absolute atomic E-state index is 0.499. The molecule has 0 spiro atoms. The summed E-state index contributed by atoms with van der Waals surface area (Å²) in [5, 5.41) is 15.6. The highest BCUT2D eigenvalue weighted by Crippen LogP contribution is 2.39. The molecule has 4 aromatic rings. The molecular formula is C20H18N4OS2. The summed E-state index contributed by atoms with van der Waals surface area (Å²) in [7, 11) is 0. The molecule has 0 atom stereocenters. The minimum Gasteiger partial charge on any atom is -0.487 e. The Bertz CT molecular complexity index is 1020. The van der Waals surface area contributed by atoms with Crippen LogP contribution < -0.4 is 10.1 Å². The second-order valence-electron chi connectivity index (χ2n) is 6.17. The van der Waals surface area contributed by atoms with Crippen LogP contribution in [-0.2, 0) is 6.61 Å². The van der Waals surface area contributed by atoms with Crippen LogP contribution in [0.5, 0.6) is 5.75 Å². The number of pyridine rings is 1. The van der Waals surface area contributed by atoms with Crippen molar-refractivity contribution in [3.63, 3.8) is 0 Å². The molecule has 0 saturated heterocycles. The van der Waals surface area contributed by atoms with Gasteiger partial charge >= 0.3 is 0 Å². The SMILES string of the molecule is Cc1cc(C)cc(Nc2nnc(-c3sccc3OCc3ccncc3)s2)c1. The fourth-order valence-electron chi connectivity index (χ4n) is 2.74. The molecule has 0 unspecified atom stereocenters. The number of nitrogens with one attached hydrogen (secondary N) is 1. The molecule has 0 aliphatic rings. The van der Waals surface area contributed by atoms with Gasteiger partial charge in [-0.15, -0.1) is 21.5 Å². The van der Waals surface area contributed by atoms with Gasteiger partial charge in [-0.2, -0.15) is 0 Å². The molecule has 0 saturated carbocycles. The summed E-state index contributed by atoms with van der Waals surface area (Å²) in [5.74, 6) is 0.825. The van der Waals surface area contributed by atoms with Gasteiger partial charge in [-0.05, 0) is 66.2 Å². The van der Waals surface area contributed by atoms with E-state index in [4.69, 9.17) is 4.74 Å². The van der Waals surface area contributed by atoms with Crippen LogP contribution in [0.15, 0.2) is 54.2 Å². The van der Waals surface area contributed by atoms with Gasteiger partial charge in [-0.3, -0.25) is 4.98 Å². The van der Waals surface area contributed by atoms with Crippen molar-refractivity contribution >= 4 is 33.5 Å². The molecule has 3 aromatic heterocycles. The van der Waals surface area contributed by atoms with Crippen LogP contribution in [0, 0.1) is 13.8 Å². The van der Waals surface area contributed by atoms with E-state index in [9.17, 15) is 0 Å². The molecule has 7 heteroatoms. The van der Waals surface area contributed by atoms with E-state index in [0.717, 1.165) is 32.0 Å². The second kappa shape index (κ2) is 7.85. The number of anilines is 2. The number of ether oxygens (including phenoxy) is 1. The zero-order valence-electron chi connectivity index (χ0n) is 15.0. The van der Waals surface area contributed by atoms with Crippen molar-refractivity contribution in [3.8, 4) is 15.6 Å². The topological polar surface area (TPSA) is 59.9 Å². The van der Waals surface area contributed by atoms with Gasteiger partial charge in [0.05, 0.1) is 0 Å². The van der Waals surface area contributed by atoms with E-state index in [1.54, 1.807) is 23.7 Å². The van der Waals surface area contributed by atoms with Gasteiger partial charge in [0, 0.05) is 18.1 Å². The second-order valence-corrected chi connectivity index (χ2v) is 8.07. The Labute approximate surface area is 165 Å². The molecule has 1 N–H and O–H groups in total.